The number of rotatable bonds is 5. The van der Waals surface area contributed by atoms with Gasteiger partial charge in [0.1, 0.15) is 11.4 Å². The minimum Gasteiger partial charge on any atom is -0.380 e. The Labute approximate surface area is 125 Å². The highest BCUT2D eigenvalue weighted by Gasteiger charge is 2.19. The van der Waals surface area contributed by atoms with Crippen LogP contribution < -0.4 is 10.6 Å². The molecule has 0 aliphatic rings. The van der Waals surface area contributed by atoms with Crippen molar-refractivity contribution in [2.45, 2.75) is 6.92 Å². The maximum absolute atomic E-state index is 11.3. The standard InChI is InChI=1S/C14H14BrN3O2/c1-2-16-12-8-5-9-13(14(12)18(19)20)17-11-7-4-3-6-10(11)15/h3-9,16-17H,2H2,1H3. The zero-order chi connectivity index (χ0) is 14.5. The monoisotopic (exact) mass is 335 g/mol. The minimum atomic E-state index is -0.378. The summed E-state index contributed by atoms with van der Waals surface area (Å²) >= 11 is 3.42. The van der Waals surface area contributed by atoms with Crippen LogP contribution in [0.4, 0.5) is 22.7 Å². The topological polar surface area (TPSA) is 67.2 Å². The molecule has 0 aromatic heterocycles. The van der Waals surface area contributed by atoms with E-state index in [0.717, 1.165) is 10.2 Å². The number of nitro benzene ring substituents is 1. The molecule has 0 atom stereocenters. The summed E-state index contributed by atoms with van der Waals surface area (Å²) < 4.78 is 0.850. The summed E-state index contributed by atoms with van der Waals surface area (Å²) in [5.74, 6) is 0. The maximum Gasteiger partial charge on any atom is 0.315 e. The number of para-hydroxylation sites is 2. The van der Waals surface area contributed by atoms with Gasteiger partial charge in [-0.3, -0.25) is 10.1 Å². The second-order valence-electron chi connectivity index (χ2n) is 4.09. The average molecular weight is 336 g/mol. The first kappa shape index (κ1) is 14.3. The van der Waals surface area contributed by atoms with E-state index in [1.807, 2.05) is 31.2 Å². The van der Waals surface area contributed by atoms with Crippen molar-refractivity contribution in [2.75, 3.05) is 17.2 Å². The lowest BCUT2D eigenvalue weighted by atomic mass is 10.2. The highest BCUT2D eigenvalue weighted by atomic mass is 79.9. The van der Waals surface area contributed by atoms with Gasteiger partial charge in [-0.15, -0.1) is 0 Å². The third-order valence-electron chi connectivity index (χ3n) is 2.73. The van der Waals surface area contributed by atoms with Crippen molar-refractivity contribution >= 4 is 38.7 Å². The molecule has 0 spiro atoms. The van der Waals surface area contributed by atoms with E-state index in [4.69, 9.17) is 0 Å². The van der Waals surface area contributed by atoms with Crippen LogP contribution in [0.1, 0.15) is 6.92 Å². The third kappa shape index (κ3) is 3.08. The molecule has 2 aromatic rings. The number of anilines is 3. The first-order valence-corrected chi connectivity index (χ1v) is 6.95. The van der Waals surface area contributed by atoms with Gasteiger partial charge in [-0.05, 0) is 47.1 Å². The molecule has 104 valence electrons. The first-order valence-electron chi connectivity index (χ1n) is 6.16. The van der Waals surface area contributed by atoms with Crippen LogP contribution >= 0.6 is 15.9 Å². The normalized spacial score (nSPS) is 10.1. The molecule has 5 nitrogen and oxygen atoms in total. The molecule has 0 unspecified atom stereocenters. The zero-order valence-corrected chi connectivity index (χ0v) is 12.5. The molecule has 0 radical (unpaired) electrons. The Morgan fingerprint density at radius 1 is 1.10 bits per heavy atom. The Hall–Kier alpha value is -2.08. The van der Waals surface area contributed by atoms with Gasteiger partial charge in [-0.25, -0.2) is 0 Å². The van der Waals surface area contributed by atoms with Crippen LogP contribution in [-0.4, -0.2) is 11.5 Å². The number of hydrogen-bond donors (Lipinski definition) is 2. The summed E-state index contributed by atoms with van der Waals surface area (Å²) in [6, 6.07) is 12.7. The Balaban J connectivity index is 2.44. The summed E-state index contributed by atoms with van der Waals surface area (Å²) in [4.78, 5) is 10.9. The molecule has 20 heavy (non-hydrogen) atoms. The maximum atomic E-state index is 11.3. The van der Waals surface area contributed by atoms with Crippen molar-refractivity contribution < 1.29 is 4.92 Å². The van der Waals surface area contributed by atoms with Gasteiger partial charge in [-0.1, -0.05) is 18.2 Å². The highest BCUT2D eigenvalue weighted by Crippen LogP contribution is 2.36. The molecular formula is C14H14BrN3O2. The van der Waals surface area contributed by atoms with Crippen LogP contribution in [-0.2, 0) is 0 Å². The summed E-state index contributed by atoms with van der Waals surface area (Å²) in [6.07, 6.45) is 0. The summed E-state index contributed by atoms with van der Waals surface area (Å²) in [6.45, 7) is 2.52. The van der Waals surface area contributed by atoms with Crippen LogP contribution in [0.2, 0.25) is 0 Å². The van der Waals surface area contributed by atoms with Gasteiger partial charge >= 0.3 is 5.69 Å². The van der Waals surface area contributed by atoms with Crippen molar-refractivity contribution in [3.63, 3.8) is 0 Å². The fourth-order valence-corrected chi connectivity index (χ4v) is 2.27. The van der Waals surface area contributed by atoms with Gasteiger partial charge in [0.05, 0.1) is 10.6 Å². The van der Waals surface area contributed by atoms with Crippen LogP contribution in [0.15, 0.2) is 46.9 Å². The van der Waals surface area contributed by atoms with Crippen LogP contribution in [0, 0.1) is 10.1 Å². The number of benzene rings is 2. The van der Waals surface area contributed by atoms with Crippen LogP contribution in [0.5, 0.6) is 0 Å². The fraction of sp³-hybridized carbons (Fsp3) is 0.143. The second kappa shape index (κ2) is 6.38. The molecule has 0 saturated carbocycles. The van der Waals surface area contributed by atoms with E-state index in [0.29, 0.717) is 17.9 Å². The molecule has 2 aromatic carbocycles. The Bertz CT molecular complexity index is 632. The van der Waals surface area contributed by atoms with E-state index in [2.05, 4.69) is 26.6 Å². The molecule has 6 heteroatoms. The van der Waals surface area contributed by atoms with Gasteiger partial charge in [0, 0.05) is 11.0 Å². The molecular weight excluding hydrogens is 322 g/mol. The molecule has 0 aliphatic carbocycles. The predicted octanol–water partition coefficient (Wildman–Crippen LogP) is 4.53. The number of nitro groups is 1. The quantitative estimate of drug-likeness (QED) is 0.622. The highest BCUT2D eigenvalue weighted by molar-refractivity contribution is 9.10. The van der Waals surface area contributed by atoms with Crippen LogP contribution in [0.3, 0.4) is 0 Å². The largest absolute Gasteiger partial charge is 0.380 e. The zero-order valence-electron chi connectivity index (χ0n) is 10.9. The molecule has 2 rings (SSSR count). The van der Waals surface area contributed by atoms with Gasteiger partial charge < -0.3 is 10.6 Å². The van der Waals surface area contributed by atoms with Gasteiger partial charge in [0.15, 0.2) is 0 Å². The summed E-state index contributed by atoms with van der Waals surface area (Å²) in [5, 5.41) is 17.4. The van der Waals surface area contributed by atoms with Crippen LogP contribution in [0.25, 0.3) is 0 Å². The van der Waals surface area contributed by atoms with E-state index in [9.17, 15) is 10.1 Å². The molecule has 0 bridgehead atoms. The first-order chi connectivity index (χ1) is 9.63. The Morgan fingerprint density at radius 2 is 1.75 bits per heavy atom. The lowest BCUT2D eigenvalue weighted by molar-refractivity contribution is -0.383. The Kier molecular flexibility index (Phi) is 4.57. The van der Waals surface area contributed by atoms with Gasteiger partial charge in [0.2, 0.25) is 0 Å². The van der Waals surface area contributed by atoms with Crippen molar-refractivity contribution in [1.82, 2.24) is 0 Å². The lowest BCUT2D eigenvalue weighted by Crippen LogP contribution is -2.04. The SMILES string of the molecule is CCNc1cccc(Nc2ccccc2Br)c1[N+](=O)[O-]. The summed E-state index contributed by atoms with van der Waals surface area (Å²) in [5.41, 5.74) is 1.80. The van der Waals surface area contributed by atoms with Gasteiger partial charge in [-0.2, -0.15) is 0 Å². The molecule has 0 fully saturated rings. The lowest BCUT2D eigenvalue weighted by Gasteiger charge is -2.11. The number of nitrogens with one attached hydrogen (secondary N) is 2. The van der Waals surface area contributed by atoms with E-state index >= 15 is 0 Å². The molecule has 0 heterocycles. The predicted molar refractivity (Wildman–Crippen MR) is 84.7 cm³/mol. The minimum absolute atomic E-state index is 0.0464. The Morgan fingerprint density at radius 3 is 2.40 bits per heavy atom. The van der Waals surface area contributed by atoms with E-state index < -0.39 is 0 Å². The van der Waals surface area contributed by atoms with E-state index in [1.165, 1.54) is 0 Å². The van der Waals surface area contributed by atoms with Crippen molar-refractivity contribution in [3.8, 4) is 0 Å². The average Bonchev–Trinajstić information content (AvgIpc) is 2.41. The van der Waals surface area contributed by atoms with Gasteiger partial charge in [0.25, 0.3) is 0 Å². The van der Waals surface area contributed by atoms with Crippen molar-refractivity contribution in [3.05, 3.63) is 57.1 Å². The number of nitrogens with zero attached hydrogens (tertiary/aromatic N) is 1. The smallest absolute Gasteiger partial charge is 0.315 e. The third-order valence-corrected chi connectivity index (χ3v) is 3.42. The summed E-state index contributed by atoms with van der Waals surface area (Å²) in [7, 11) is 0. The number of hydrogen-bond acceptors (Lipinski definition) is 4. The molecule has 0 amide bonds. The van der Waals surface area contributed by atoms with E-state index in [1.54, 1.807) is 18.2 Å². The van der Waals surface area contributed by atoms with Crippen molar-refractivity contribution in [2.24, 2.45) is 0 Å². The fourth-order valence-electron chi connectivity index (χ4n) is 1.88. The number of halogens is 1. The van der Waals surface area contributed by atoms with Crippen molar-refractivity contribution in [1.29, 1.82) is 0 Å². The molecule has 0 saturated heterocycles. The molecule has 2 N–H and O–H groups in total. The van der Waals surface area contributed by atoms with E-state index in [-0.39, 0.29) is 10.6 Å². The molecule has 0 aliphatic heterocycles. The second-order valence-corrected chi connectivity index (χ2v) is 4.95.